The highest BCUT2D eigenvalue weighted by Gasteiger charge is 2.34. The van der Waals surface area contributed by atoms with Gasteiger partial charge in [-0.25, -0.2) is 4.79 Å². The second kappa shape index (κ2) is 8.05. The van der Waals surface area contributed by atoms with Crippen molar-refractivity contribution in [1.29, 1.82) is 0 Å². The van der Waals surface area contributed by atoms with Crippen LogP contribution in [0.25, 0.3) is 0 Å². The molecular formula is C18H23ClN2O5. The van der Waals surface area contributed by atoms with Crippen molar-refractivity contribution in [2.75, 3.05) is 25.1 Å². The number of hydrogen-bond donors (Lipinski definition) is 2. The molecule has 1 aromatic carbocycles. The van der Waals surface area contributed by atoms with Gasteiger partial charge in [-0.3, -0.25) is 9.59 Å². The van der Waals surface area contributed by atoms with Crippen molar-refractivity contribution in [2.45, 2.75) is 33.2 Å². The second-order valence-electron chi connectivity index (χ2n) is 7.41. The Balaban J connectivity index is 2.22. The fourth-order valence-electron chi connectivity index (χ4n) is 2.66. The van der Waals surface area contributed by atoms with Gasteiger partial charge in [-0.05, 0) is 23.6 Å². The third-order valence-corrected chi connectivity index (χ3v) is 4.18. The largest absolute Gasteiger partial charge is 0.480 e. The number of morpholine rings is 1. The lowest BCUT2D eigenvalue weighted by atomic mass is 9.92. The number of anilines is 1. The fourth-order valence-corrected chi connectivity index (χ4v) is 2.86. The summed E-state index contributed by atoms with van der Waals surface area (Å²) in [6.45, 7) is 6.21. The molecular weight excluding hydrogens is 360 g/mol. The normalized spacial score (nSPS) is 17.7. The van der Waals surface area contributed by atoms with Crippen LogP contribution < -0.4 is 5.32 Å². The lowest BCUT2D eigenvalue weighted by Crippen LogP contribution is -2.52. The van der Waals surface area contributed by atoms with Crippen molar-refractivity contribution < 1.29 is 24.2 Å². The number of amides is 2. The first-order valence-corrected chi connectivity index (χ1v) is 8.67. The summed E-state index contributed by atoms with van der Waals surface area (Å²) in [6.07, 6.45) is 0.323. The fraction of sp³-hybridized carbons (Fsp3) is 0.500. The van der Waals surface area contributed by atoms with E-state index in [0.717, 1.165) is 0 Å². The molecule has 0 bridgehead atoms. The number of benzene rings is 1. The Morgan fingerprint density at radius 3 is 2.65 bits per heavy atom. The first kappa shape index (κ1) is 20.2. The van der Waals surface area contributed by atoms with Gasteiger partial charge in [-0.1, -0.05) is 32.4 Å². The van der Waals surface area contributed by atoms with E-state index < -0.39 is 17.9 Å². The minimum absolute atomic E-state index is 0.0687. The number of carbonyl (C=O) groups excluding carboxylic acids is 2. The predicted octanol–water partition coefficient (Wildman–Crippen LogP) is 2.64. The molecule has 0 aliphatic carbocycles. The lowest BCUT2D eigenvalue weighted by molar-refractivity contribution is -0.147. The molecule has 8 heteroatoms. The third kappa shape index (κ3) is 5.19. The van der Waals surface area contributed by atoms with Gasteiger partial charge in [0, 0.05) is 18.7 Å². The Bertz CT molecular complexity index is 714. The number of aliphatic carboxylic acids is 1. The molecule has 2 amide bonds. The van der Waals surface area contributed by atoms with Crippen LogP contribution in [0.1, 0.15) is 37.6 Å². The van der Waals surface area contributed by atoms with Gasteiger partial charge in [-0.2, -0.15) is 0 Å². The molecule has 1 heterocycles. The summed E-state index contributed by atoms with van der Waals surface area (Å²) in [5.41, 5.74) is 0.415. The van der Waals surface area contributed by atoms with E-state index in [4.69, 9.17) is 16.3 Å². The number of halogens is 1. The van der Waals surface area contributed by atoms with Crippen molar-refractivity contribution in [2.24, 2.45) is 5.41 Å². The molecule has 2 N–H and O–H groups in total. The minimum atomic E-state index is -1.14. The first-order valence-electron chi connectivity index (χ1n) is 8.29. The maximum Gasteiger partial charge on any atom is 0.328 e. The molecule has 0 radical (unpaired) electrons. The number of carbonyl (C=O) groups is 3. The smallest absolute Gasteiger partial charge is 0.328 e. The number of nitrogens with one attached hydrogen (secondary N) is 1. The van der Waals surface area contributed by atoms with Crippen molar-refractivity contribution in [1.82, 2.24) is 4.90 Å². The molecule has 1 fully saturated rings. The average molecular weight is 383 g/mol. The third-order valence-electron chi connectivity index (χ3n) is 3.85. The van der Waals surface area contributed by atoms with E-state index in [2.05, 4.69) is 5.32 Å². The lowest BCUT2D eigenvalue weighted by Gasteiger charge is -2.33. The Kier molecular flexibility index (Phi) is 6.26. The molecule has 1 aromatic rings. The molecule has 0 aromatic heterocycles. The predicted molar refractivity (Wildman–Crippen MR) is 97.4 cm³/mol. The summed E-state index contributed by atoms with van der Waals surface area (Å²) in [5.74, 6) is -1.81. The standard InChI is InChI=1S/C18H23ClN2O5/c1-18(2,3)9-15(22)20-11-4-5-13(19)12(8-11)16(23)21-6-7-26-10-14(21)17(24)25/h4-5,8,14H,6-7,9-10H2,1-3H3,(H,20,22)(H,24,25). The van der Waals surface area contributed by atoms with E-state index in [9.17, 15) is 19.5 Å². The van der Waals surface area contributed by atoms with Crippen LogP contribution in [-0.2, 0) is 14.3 Å². The summed E-state index contributed by atoms with van der Waals surface area (Å²) in [6, 6.07) is 3.52. The molecule has 0 spiro atoms. The molecule has 2 rings (SSSR count). The van der Waals surface area contributed by atoms with E-state index in [1.165, 1.54) is 17.0 Å². The summed E-state index contributed by atoms with van der Waals surface area (Å²) in [7, 11) is 0. The number of carboxylic acid groups (broad SMARTS) is 1. The van der Waals surface area contributed by atoms with Crippen LogP contribution in [0, 0.1) is 5.41 Å². The summed E-state index contributed by atoms with van der Waals surface area (Å²) in [5, 5.41) is 12.2. The highest BCUT2D eigenvalue weighted by Crippen LogP contribution is 2.25. The van der Waals surface area contributed by atoms with Crippen molar-refractivity contribution >= 4 is 35.1 Å². The number of ether oxygens (including phenoxy) is 1. The molecule has 1 aliphatic rings. The number of rotatable bonds is 4. The van der Waals surface area contributed by atoms with Gasteiger partial charge < -0.3 is 20.1 Å². The Morgan fingerprint density at radius 2 is 2.04 bits per heavy atom. The van der Waals surface area contributed by atoms with Crippen LogP contribution in [0.5, 0.6) is 0 Å². The summed E-state index contributed by atoms with van der Waals surface area (Å²) in [4.78, 5) is 37.5. The highest BCUT2D eigenvalue weighted by molar-refractivity contribution is 6.34. The van der Waals surface area contributed by atoms with Crippen LogP contribution >= 0.6 is 11.6 Å². The van der Waals surface area contributed by atoms with Gasteiger partial charge in [0.15, 0.2) is 6.04 Å². The summed E-state index contributed by atoms with van der Waals surface area (Å²) < 4.78 is 5.15. The van der Waals surface area contributed by atoms with Crippen LogP contribution in [0.4, 0.5) is 5.69 Å². The van der Waals surface area contributed by atoms with Crippen molar-refractivity contribution in [3.63, 3.8) is 0 Å². The van der Waals surface area contributed by atoms with E-state index in [-0.39, 0.29) is 41.7 Å². The van der Waals surface area contributed by atoms with Crippen LogP contribution in [0.2, 0.25) is 5.02 Å². The second-order valence-corrected chi connectivity index (χ2v) is 7.81. The highest BCUT2D eigenvalue weighted by atomic mass is 35.5. The molecule has 142 valence electrons. The zero-order valence-electron chi connectivity index (χ0n) is 15.0. The van der Waals surface area contributed by atoms with Crippen LogP contribution in [0.3, 0.4) is 0 Å². The Hall–Kier alpha value is -2.12. The molecule has 7 nitrogen and oxygen atoms in total. The SMILES string of the molecule is CC(C)(C)CC(=O)Nc1ccc(Cl)c(C(=O)N2CCOCC2C(=O)O)c1. The van der Waals surface area contributed by atoms with Gasteiger partial charge in [0.2, 0.25) is 5.91 Å². The number of hydrogen-bond acceptors (Lipinski definition) is 4. The maximum absolute atomic E-state index is 12.8. The maximum atomic E-state index is 12.8. The van der Waals surface area contributed by atoms with E-state index in [0.29, 0.717) is 12.1 Å². The van der Waals surface area contributed by atoms with Gasteiger partial charge >= 0.3 is 5.97 Å². The quantitative estimate of drug-likeness (QED) is 0.834. The summed E-state index contributed by atoms with van der Waals surface area (Å²) >= 11 is 6.14. The minimum Gasteiger partial charge on any atom is -0.480 e. The molecule has 1 atom stereocenters. The zero-order valence-corrected chi connectivity index (χ0v) is 15.8. The molecule has 1 aliphatic heterocycles. The molecule has 1 unspecified atom stereocenters. The van der Waals surface area contributed by atoms with Gasteiger partial charge in [0.05, 0.1) is 23.8 Å². The monoisotopic (exact) mass is 382 g/mol. The van der Waals surface area contributed by atoms with E-state index >= 15 is 0 Å². The number of nitrogens with zero attached hydrogens (tertiary/aromatic N) is 1. The van der Waals surface area contributed by atoms with Crippen LogP contribution in [0.15, 0.2) is 18.2 Å². The molecule has 26 heavy (non-hydrogen) atoms. The Morgan fingerprint density at radius 1 is 1.35 bits per heavy atom. The van der Waals surface area contributed by atoms with Crippen molar-refractivity contribution in [3.8, 4) is 0 Å². The topological polar surface area (TPSA) is 95.9 Å². The Labute approximate surface area is 157 Å². The average Bonchev–Trinajstić information content (AvgIpc) is 2.54. The van der Waals surface area contributed by atoms with Crippen molar-refractivity contribution in [3.05, 3.63) is 28.8 Å². The van der Waals surface area contributed by atoms with Gasteiger partial charge in [0.25, 0.3) is 5.91 Å². The molecule has 0 saturated carbocycles. The van der Waals surface area contributed by atoms with Gasteiger partial charge in [0.1, 0.15) is 0 Å². The first-order chi connectivity index (χ1) is 12.1. The zero-order chi connectivity index (χ0) is 19.5. The van der Waals surface area contributed by atoms with E-state index in [1.807, 2.05) is 20.8 Å². The van der Waals surface area contributed by atoms with Crippen LogP contribution in [-0.4, -0.2) is 53.6 Å². The van der Waals surface area contributed by atoms with E-state index in [1.54, 1.807) is 6.07 Å². The number of carboxylic acids is 1. The van der Waals surface area contributed by atoms with Gasteiger partial charge in [-0.15, -0.1) is 0 Å². The molecule has 1 saturated heterocycles.